The van der Waals surface area contributed by atoms with Crippen LogP contribution in [-0.2, 0) is 15.6 Å². The van der Waals surface area contributed by atoms with E-state index >= 15 is 0 Å². The molecule has 3 rings (SSSR count). The van der Waals surface area contributed by atoms with Crippen molar-refractivity contribution in [3.05, 3.63) is 72.3 Å². The lowest BCUT2D eigenvalue weighted by Gasteiger charge is -2.04. The van der Waals surface area contributed by atoms with E-state index in [1.165, 1.54) is 37.6 Å². The number of amides is 1. The highest BCUT2D eigenvalue weighted by molar-refractivity contribution is 7.90. The summed E-state index contributed by atoms with van der Waals surface area (Å²) >= 11 is 0. The van der Waals surface area contributed by atoms with Crippen molar-refractivity contribution in [2.24, 2.45) is 0 Å². The van der Waals surface area contributed by atoms with Crippen LogP contribution in [0.1, 0.15) is 16.3 Å². The number of carbonyl (C=O) groups is 1. The lowest BCUT2D eigenvalue weighted by molar-refractivity contribution is 0.0995. The zero-order valence-corrected chi connectivity index (χ0v) is 14.7. The highest BCUT2D eigenvalue weighted by atomic mass is 32.2. The minimum atomic E-state index is -3.54. The number of anilines is 1. The van der Waals surface area contributed by atoms with Gasteiger partial charge in [-0.1, -0.05) is 18.2 Å². The molecule has 0 fully saturated rings. The molecule has 1 N–H and O–H groups in total. The zero-order chi connectivity index (χ0) is 18.6. The lowest BCUT2D eigenvalue weighted by atomic mass is 10.3. The minimum absolute atomic E-state index is 0.0130. The van der Waals surface area contributed by atoms with Gasteiger partial charge in [-0.2, -0.15) is 0 Å². The average Bonchev–Trinajstić information content (AvgIpc) is 3.11. The van der Waals surface area contributed by atoms with Crippen molar-refractivity contribution in [3.8, 4) is 5.88 Å². The highest BCUT2D eigenvalue weighted by Crippen LogP contribution is 2.19. The molecule has 0 saturated heterocycles. The van der Waals surface area contributed by atoms with Crippen molar-refractivity contribution < 1.29 is 22.4 Å². The van der Waals surface area contributed by atoms with Gasteiger partial charge in [0.05, 0.1) is 23.9 Å². The molecule has 1 amide bonds. The third-order valence-electron chi connectivity index (χ3n) is 3.52. The fourth-order valence-corrected chi connectivity index (χ4v) is 3.51. The predicted molar refractivity (Wildman–Crippen MR) is 94.8 cm³/mol. The van der Waals surface area contributed by atoms with E-state index in [0.717, 1.165) is 0 Å². The van der Waals surface area contributed by atoms with Crippen LogP contribution in [-0.4, -0.2) is 26.4 Å². The molecule has 7 nitrogen and oxygen atoms in total. The summed E-state index contributed by atoms with van der Waals surface area (Å²) in [6.45, 7) is 0. The Morgan fingerprint density at radius 2 is 1.88 bits per heavy atom. The summed E-state index contributed by atoms with van der Waals surface area (Å²) in [5.41, 5.74) is 0.464. The number of methoxy groups -OCH3 is 1. The summed E-state index contributed by atoms with van der Waals surface area (Å²) in [5.74, 6) is -0.199. The van der Waals surface area contributed by atoms with Crippen LogP contribution in [0.5, 0.6) is 5.88 Å². The summed E-state index contributed by atoms with van der Waals surface area (Å²) < 4.78 is 35.0. The minimum Gasteiger partial charge on any atom is -0.481 e. The molecule has 0 bridgehead atoms. The van der Waals surface area contributed by atoms with Crippen molar-refractivity contribution in [2.75, 3.05) is 12.4 Å². The monoisotopic (exact) mass is 372 g/mol. The third kappa shape index (κ3) is 4.09. The second-order valence-corrected chi connectivity index (χ2v) is 7.37. The Balaban J connectivity index is 1.70. The topological polar surface area (TPSA) is 98.5 Å². The molecule has 2 aromatic heterocycles. The van der Waals surface area contributed by atoms with E-state index in [0.29, 0.717) is 11.6 Å². The molecule has 3 aromatic rings. The number of carbonyl (C=O) groups excluding carboxylic acids is 1. The molecule has 1 aromatic carbocycles. The van der Waals surface area contributed by atoms with Gasteiger partial charge in [-0.3, -0.25) is 4.79 Å². The van der Waals surface area contributed by atoms with Gasteiger partial charge >= 0.3 is 0 Å². The number of benzene rings is 1. The Kier molecular flexibility index (Phi) is 5.04. The van der Waals surface area contributed by atoms with Gasteiger partial charge in [0.1, 0.15) is 11.5 Å². The molecule has 0 atom stereocenters. The Bertz CT molecular complexity index is 996. The van der Waals surface area contributed by atoms with E-state index in [1.54, 1.807) is 30.3 Å². The van der Waals surface area contributed by atoms with E-state index in [2.05, 4.69) is 10.3 Å². The summed E-state index contributed by atoms with van der Waals surface area (Å²) in [5, 5.41) is 2.62. The molecule has 2 heterocycles. The van der Waals surface area contributed by atoms with Gasteiger partial charge in [-0.25, -0.2) is 13.4 Å². The van der Waals surface area contributed by atoms with Gasteiger partial charge in [0.2, 0.25) is 5.88 Å². The van der Waals surface area contributed by atoms with E-state index in [9.17, 15) is 13.2 Å². The molecule has 0 aliphatic rings. The maximum Gasteiger partial charge on any atom is 0.291 e. The average molecular weight is 372 g/mol. The Hall–Kier alpha value is -3.13. The maximum atomic E-state index is 12.4. The maximum absolute atomic E-state index is 12.4. The standard InChI is InChI=1S/C18H16N2O5S/c1-24-17-10-7-13(11-19-17)20-18(21)16-9-8-14(25-16)12-26(22,23)15-5-3-2-4-6-15/h2-11H,12H2,1H3,(H,20,21). The largest absolute Gasteiger partial charge is 0.481 e. The van der Waals surface area contributed by atoms with Crippen LogP contribution in [0, 0.1) is 0 Å². The number of aromatic nitrogens is 1. The number of sulfone groups is 1. The number of hydrogen-bond donors (Lipinski definition) is 1. The van der Waals surface area contributed by atoms with E-state index < -0.39 is 15.7 Å². The number of furan rings is 1. The van der Waals surface area contributed by atoms with Gasteiger partial charge in [0.25, 0.3) is 5.91 Å². The number of nitrogens with one attached hydrogen (secondary N) is 1. The smallest absolute Gasteiger partial charge is 0.291 e. The summed E-state index contributed by atoms with van der Waals surface area (Å²) in [4.78, 5) is 16.4. The first-order valence-corrected chi connectivity index (χ1v) is 9.31. The van der Waals surface area contributed by atoms with Crippen LogP contribution in [0.25, 0.3) is 0 Å². The lowest BCUT2D eigenvalue weighted by Crippen LogP contribution is -2.11. The van der Waals surface area contributed by atoms with Gasteiger partial charge in [0, 0.05) is 6.07 Å². The van der Waals surface area contributed by atoms with E-state index in [4.69, 9.17) is 9.15 Å². The number of rotatable bonds is 6. The van der Waals surface area contributed by atoms with Gasteiger partial charge < -0.3 is 14.5 Å². The van der Waals surface area contributed by atoms with Crippen LogP contribution >= 0.6 is 0 Å². The predicted octanol–water partition coefficient (Wildman–Crippen LogP) is 2.91. The van der Waals surface area contributed by atoms with Crippen molar-refractivity contribution in [1.82, 2.24) is 4.98 Å². The van der Waals surface area contributed by atoms with Gasteiger partial charge in [-0.05, 0) is 30.3 Å². The zero-order valence-electron chi connectivity index (χ0n) is 13.9. The van der Waals surface area contributed by atoms with E-state index in [1.807, 2.05) is 0 Å². The SMILES string of the molecule is COc1ccc(NC(=O)c2ccc(CS(=O)(=O)c3ccccc3)o2)cn1. The Morgan fingerprint density at radius 1 is 1.12 bits per heavy atom. The summed E-state index contributed by atoms with van der Waals surface area (Å²) in [6, 6.07) is 14.2. The molecule has 0 saturated carbocycles. The fourth-order valence-electron chi connectivity index (χ4n) is 2.24. The molecule has 0 aliphatic carbocycles. The number of pyridine rings is 1. The van der Waals surface area contributed by atoms with Gasteiger partial charge in [-0.15, -0.1) is 0 Å². The summed E-state index contributed by atoms with van der Waals surface area (Å²) in [6.07, 6.45) is 1.44. The van der Waals surface area contributed by atoms with Gasteiger partial charge in [0.15, 0.2) is 15.6 Å². The van der Waals surface area contributed by atoms with Crippen LogP contribution in [0.2, 0.25) is 0 Å². The number of ether oxygens (including phenoxy) is 1. The first-order chi connectivity index (χ1) is 12.5. The number of nitrogens with zero attached hydrogens (tertiary/aromatic N) is 1. The molecule has 26 heavy (non-hydrogen) atoms. The molecule has 0 aliphatic heterocycles. The van der Waals surface area contributed by atoms with Crippen molar-refractivity contribution in [3.63, 3.8) is 0 Å². The quantitative estimate of drug-likeness (QED) is 0.714. The third-order valence-corrected chi connectivity index (χ3v) is 5.18. The second kappa shape index (κ2) is 7.40. The van der Waals surface area contributed by atoms with Crippen molar-refractivity contribution in [2.45, 2.75) is 10.6 Å². The second-order valence-electron chi connectivity index (χ2n) is 5.38. The Labute approximate surface area is 150 Å². The first kappa shape index (κ1) is 17.7. The molecule has 8 heteroatoms. The molecule has 0 unspecified atom stereocenters. The fraction of sp³-hybridized carbons (Fsp3) is 0.111. The van der Waals surface area contributed by atoms with Crippen LogP contribution in [0.15, 0.2) is 70.1 Å². The van der Waals surface area contributed by atoms with Crippen LogP contribution in [0.4, 0.5) is 5.69 Å². The molecule has 0 radical (unpaired) electrons. The molecule has 134 valence electrons. The normalized spacial score (nSPS) is 11.1. The summed E-state index contributed by atoms with van der Waals surface area (Å²) in [7, 11) is -2.05. The highest BCUT2D eigenvalue weighted by Gasteiger charge is 2.19. The van der Waals surface area contributed by atoms with E-state index in [-0.39, 0.29) is 22.2 Å². The van der Waals surface area contributed by atoms with Crippen molar-refractivity contribution in [1.29, 1.82) is 0 Å². The van der Waals surface area contributed by atoms with Crippen LogP contribution in [0.3, 0.4) is 0 Å². The molecule has 0 spiro atoms. The first-order valence-electron chi connectivity index (χ1n) is 7.66. The van der Waals surface area contributed by atoms with Crippen molar-refractivity contribution >= 4 is 21.4 Å². The number of hydrogen-bond acceptors (Lipinski definition) is 6. The molecular formula is C18H16N2O5S. The molecular weight excluding hydrogens is 356 g/mol. The Morgan fingerprint density at radius 3 is 2.54 bits per heavy atom. The van der Waals surface area contributed by atoms with Crippen LogP contribution < -0.4 is 10.1 Å².